The molecule has 3 aromatic carbocycles. The second kappa shape index (κ2) is 7.24. The molecular weight excluding hydrogens is 416 g/mol. The summed E-state index contributed by atoms with van der Waals surface area (Å²) in [6, 6.07) is 17.1. The van der Waals surface area contributed by atoms with Crippen LogP contribution in [0.5, 0.6) is 0 Å². The number of hydrogen-bond acceptors (Lipinski definition) is 3. The van der Waals surface area contributed by atoms with Gasteiger partial charge in [-0.15, -0.1) is 0 Å². The number of nitrogens with one attached hydrogen (secondary N) is 1. The quantitative estimate of drug-likeness (QED) is 0.403. The first-order chi connectivity index (χ1) is 13.4. The molecular formula is C23H19BrN2O2. The van der Waals surface area contributed by atoms with Gasteiger partial charge in [-0.2, -0.15) is 0 Å². The molecule has 0 unspecified atom stereocenters. The van der Waals surface area contributed by atoms with Crippen molar-refractivity contribution in [1.82, 2.24) is 4.98 Å². The minimum Gasteiger partial charge on any atom is -0.436 e. The zero-order valence-electron chi connectivity index (χ0n) is 15.8. The molecule has 0 aliphatic heterocycles. The van der Waals surface area contributed by atoms with Crippen molar-refractivity contribution >= 4 is 38.6 Å². The first kappa shape index (κ1) is 18.4. The fourth-order valence-corrected chi connectivity index (χ4v) is 3.72. The molecule has 140 valence electrons. The Balaban J connectivity index is 1.71. The van der Waals surface area contributed by atoms with Crippen molar-refractivity contribution in [2.75, 3.05) is 5.32 Å². The van der Waals surface area contributed by atoms with Crippen molar-refractivity contribution in [3.8, 4) is 11.5 Å². The fraction of sp³-hybridized carbons (Fsp3) is 0.130. The van der Waals surface area contributed by atoms with Crippen LogP contribution in [-0.2, 0) is 0 Å². The number of aryl methyl sites for hydroxylation is 2. The van der Waals surface area contributed by atoms with E-state index in [0.29, 0.717) is 11.5 Å². The minimum atomic E-state index is -0.161. The van der Waals surface area contributed by atoms with Gasteiger partial charge in [0.2, 0.25) is 5.89 Å². The molecule has 0 fully saturated rings. The molecule has 0 saturated carbocycles. The van der Waals surface area contributed by atoms with Gasteiger partial charge in [0.25, 0.3) is 5.91 Å². The van der Waals surface area contributed by atoms with Gasteiger partial charge in [0.05, 0.1) is 0 Å². The summed E-state index contributed by atoms with van der Waals surface area (Å²) in [6.07, 6.45) is 0. The molecule has 4 rings (SSSR count). The van der Waals surface area contributed by atoms with Gasteiger partial charge in [-0.3, -0.25) is 4.79 Å². The summed E-state index contributed by atoms with van der Waals surface area (Å²) in [5, 5.41) is 2.99. The molecule has 1 heterocycles. The maximum absolute atomic E-state index is 12.6. The molecule has 0 bridgehead atoms. The van der Waals surface area contributed by atoms with Crippen LogP contribution < -0.4 is 5.32 Å². The SMILES string of the molecule is Cc1cc(C)c2oc(-c3cccc(NC(=O)c4cccc(Br)c4)c3C)nc2c1. The highest BCUT2D eigenvalue weighted by molar-refractivity contribution is 9.10. The second-order valence-corrected chi connectivity index (χ2v) is 7.81. The van der Waals surface area contributed by atoms with Crippen LogP contribution in [0.3, 0.4) is 0 Å². The van der Waals surface area contributed by atoms with Gasteiger partial charge >= 0.3 is 0 Å². The molecule has 1 aromatic heterocycles. The smallest absolute Gasteiger partial charge is 0.255 e. The lowest BCUT2D eigenvalue weighted by atomic mass is 10.1. The number of fused-ring (bicyclic) bond motifs is 1. The van der Waals surface area contributed by atoms with E-state index in [2.05, 4.69) is 32.3 Å². The molecule has 4 nitrogen and oxygen atoms in total. The summed E-state index contributed by atoms with van der Waals surface area (Å²) in [5.41, 5.74) is 6.94. The number of rotatable bonds is 3. The molecule has 0 radical (unpaired) electrons. The van der Waals surface area contributed by atoms with Crippen molar-refractivity contribution in [3.63, 3.8) is 0 Å². The van der Waals surface area contributed by atoms with Gasteiger partial charge in [-0.25, -0.2) is 4.98 Å². The highest BCUT2D eigenvalue weighted by Crippen LogP contribution is 2.32. The Hall–Kier alpha value is -2.92. The molecule has 0 spiro atoms. The predicted molar refractivity (Wildman–Crippen MR) is 116 cm³/mol. The van der Waals surface area contributed by atoms with E-state index in [0.717, 1.165) is 43.5 Å². The summed E-state index contributed by atoms with van der Waals surface area (Å²) in [6.45, 7) is 6.02. The van der Waals surface area contributed by atoms with E-state index >= 15 is 0 Å². The number of anilines is 1. The van der Waals surface area contributed by atoms with E-state index in [1.54, 1.807) is 12.1 Å². The first-order valence-corrected chi connectivity index (χ1v) is 9.76. The van der Waals surface area contributed by atoms with Crippen molar-refractivity contribution < 1.29 is 9.21 Å². The second-order valence-electron chi connectivity index (χ2n) is 6.89. The summed E-state index contributed by atoms with van der Waals surface area (Å²) >= 11 is 3.40. The molecule has 0 aliphatic rings. The summed E-state index contributed by atoms with van der Waals surface area (Å²) in [7, 11) is 0. The Morgan fingerprint density at radius 1 is 1.04 bits per heavy atom. The standard InChI is InChI=1S/C23H19BrN2O2/c1-13-10-14(2)21-20(11-13)26-23(28-21)18-8-5-9-19(15(18)3)25-22(27)16-6-4-7-17(24)12-16/h4-12H,1-3H3,(H,25,27). The Morgan fingerprint density at radius 3 is 2.61 bits per heavy atom. The van der Waals surface area contributed by atoms with Crippen LogP contribution in [0.4, 0.5) is 5.69 Å². The third-order valence-electron chi connectivity index (χ3n) is 4.72. The number of aromatic nitrogens is 1. The highest BCUT2D eigenvalue weighted by atomic mass is 79.9. The molecule has 1 N–H and O–H groups in total. The molecule has 0 saturated heterocycles. The number of nitrogens with zero attached hydrogens (tertiary/aromatic N) is 1. The number of halogens is 1. The van der Waals surface area contributed by atoms with Gasteiger partial charge in [-0.05, 0) is 73.9 Å². The molecule has 0 atom stereocenters. The molecule has 28 heavy (non-hydrogen) atoms. The maximum atomic E-state index is 12.6. The number of amides is 1. The van der Waals surface area contributed by atoms with E-state index < -0.39 is 0 Å². The number of hydrogen-bond donors (Lipinski definition) is 1. The average molecular weight is 435 g/mol. The lowest BCUT2D eigenvalue weighted by Crippen LogP contribution is -2.13. The Kier molecular flexibility index (Phi) is 4.77. The van der Waals surface area contributed by atoms with Crippen LogP contribution >= 0.6 is 15.9 Å². The van der Waals surface area contributed by atoms with E-state index in [9.17, 15) is 4.79 Å². The molecule has 0 aliphatic carbocycles. The number of carbonyl (C=O) groups is 1. The monoisotopic (exact) mass is 434 g/mol. The van der Waals surface area contributed by atoms with E-state index in [-0.39, 0.29) is 5.91 Å². The van der Waals surface area contributed by atoms with E-state index in [4.69, 9.17) is 4.42 Å². The third-order valence-corrected chi connectivity index (χ3v) is 5.21. The molecule has 5 heteroatoms. The van der Waals surface area contributed by atoms with Crippen LogP contribution in [0.2, 0.25) is 0 Å². The van der Waals surface area contributed by atoms with Crippen LogP contribution in [0.25, 0.3) is 22.6 Å². The fourth-order valence-electron chi connectivity index (χ4n) is 3.32. The zero-order chi connectivity index (χ0) is 19.8. The minimum absolute atomic E-state index is 0.161. The molecule has 4 aromatic rings. The van der Waals surface area contributed by atoms with Crippen LogP contribution in [0, 0.1) is 20.8 Å². The zero-order valence-corrected chi connectivity index (χ0v) is 17.4. The van der Waals surface area contributed by atoms with E-state index in [1.165, 1.54) is 0 Å². The lowest BCUT2D eigenvalue weighted by molar-refractivity contribution is 0.102. The van der Waals surface area contributed by atoms with Gasteiger partial charge in [0, 0.05) is 21.3 Å². The van der Waals surface area contributed by atoms with Crippen LogP contribution in [0.1, 0.15) is 27.0 Å². The van der Waals surface area contributed by atoms with Crippen LogP contribution in [0.15, 0.2) is 63.5 Å². The summed E-state index contributed by atoms with van der Waals surface area (Å²) < 4.78 is 6.91. The van der Waals surface area contributed by atoms with E-state index in [1.807, 2.05) is 57.2 Å². The largest absolute Gasteiger partial charge is 0.436 e. The topological polar surface area (TPSA) is 55.1 Å². The van der Waals surface area contributed by atoms with Crippen molar-refractivity contribution in [2.24, 2.45) is 0 Å². The van der Waals surface area contributed by atoms with Crippen LogP contribution in [-0.4, -0.2) is 10.9 Å². The van der Waals surface area contributed by atoms with Gasteiger partial charge in [-0.1, -0.05) is 34.1 Å². The summed E-state index contributed by atoms with van der Waals surface area (Å²) in [4.78, 5) is 17.3. The summed E-state index contributed by atoms with van der Waals surface area (Å²) in [5.74, 6) is 0.394. The molecule has 1 amide bonds. The third kappa shape index (κ3) is 3.45. The Morgan fingerprint density at radius 2 is 1.82 bits per heavy atom. The number of carbonyl (C=O) groups excluding carboxylic acids is 1. The normalized spacial score (nSPS) is 11.0. The van der Waals surface area contributed by atoms with Crippen molar-refractivity contribution in [2.45, 2.75) is 20.8 Å². The average Bonchev–Trinajstić information content (AvgIpc) is 3.07. The van der Waals surface area contributed by atoms with Gasteiger partial charge in [0.15, 0.2) is 5.58 Å². The lowest BCUT2D eigenvalue weighted by Gasteiger charge is -2.11. The predicted octanol–water partition coefficient (Wildman–Crippen LogP) is 6.43. The van der Waals surface area contributed by atoms with Crippen molar-refractivity contribution in [1.29, 1.82) is 0 Å². The van der Waals surface area contributed by atoms with Gasteiger partial charge in [0.1, 0.15) is 5.52 Å². The van der Waals surface area contributed by atoms with Crippen molar-refractivity contribution in [3.05, 3.63) is 81.3 Å². The number of benzene rings is 3. The van der Waals surface area contributed by atoms with Gasteiger partial charge < -0.3 is 9.73 Å². The highest BCUT2D eigenvalue weighted by Gasteiger charge is 2.16. The number of oxazole rings is 1. The maximum Gasteiger partial charge on any atom is 0.255 e. The Bertz CT molecular complexity index is 1210. The Labute approximate surface area is 171 Å². The first-order valence-electron chi connectivity index (χ1n) is 8.97.